The second-order valence-electron chi connectivity index (χ2n) is 14.0. The van der Waals surface area contributed by atoms with Gasteiger partial charge in [0.15, 0.2) is 0 Å². The van der Waals surface area contributed by atoms with Gasteiger partial charge < -0.3 is 14.6 Å². The van der Waals surface area contributed by atoms with E-state index in [2.05, 4.69) is 27.7 Å². The average Bonchev–Trinajstić information content (AvgIpc) is 2.96. The van der Waals surface area contributed by atoms with Crippen molar-refractivity contribution in [3.8, 4) is 0 Å². The summed E-state index contributed by atoms with van der Waals surface area (Å²) in [7, 11) is 0. The number of carbonyl (C=O) groups excluding carboxylic acids is 2. The maximum Gasteiger partial charge on any atom is 0.387 e. The summed E-state index contributed by atoms with van der Waals surface area (Å²) >= 11 is 0. The minimum atomic E-state index is -1.85. The van der Waals surface area contributed by atoms with E-state index in [1.807, 2.05) is 0 Å². The molecule has 260 valence electrons. The highest BCUT2D eigenvalue weighted by Gasteiger charge is 2.26. The molecule has 0 aliphatic heterocycles. The zero-order valence-corrected chi connectivity index (χ0v) is 29.5. The number of carbonyl (C=O) groups is 3. The summed E-state index contributed by atoms with van der Waals surface area (Å²) < 4.78 is 9.90. The number of carboxylic acid groups (broad SMARTS) is 1. The third-order valence-electron chi connectivity index (χ3n) is 8.50. The first-order valence-electron chi connectivity index (χ1n) is 18.8. The lowest BCUT2D eigenvalue weighted by molar-refractivity contribution is -0.201. The van der Waals surface area contributed by atoms with E-state index in [0.717, 1.165) is 50.4 Å². The summed E-state index contributed by atoms with van der Waals surface area (Å²) in [6, 6.07) is 0. The number of carboxylic acids is 1. The molecular formula is C38H72O6. The molecule has 0 bridgehead atoms. The van der Waals surface area contributed by atoms with Crippen LogP contribution in [-0.4, -0.2) is 29.3 Å². The first-order chi connectivity index (χ1) is 21.2. The van der Waals surface area contributed by atoms with Crippen molar-refractivity contribution in [2.24, 2.45) is 11.8 Å². The average molecular weight is 625 g/mol. The van der Waals surface area contributed by atoms with Crippen LogP contribution in [0.5, 0.6) is 0 Å². The van der Waals surface area contributed by atoms with Crippen LogP contribution in [0.2, 0.25) is 0 Å². The molecule has 0 atom stereocenters. The maximum absolute atomic E-state index is 12.1. The lowest BCUT2D eigenvalue weighted by Crippen LogP contribution is -2.32. The monoisotopic (exact) mass is 625 g/mol. The molecule has 0 spiro atoms. The van der Waals surface area contributed by atoms with Crippen LogP contribution in [0.4, 0.5) is 0 Å². The quantitative estimate of drug-likeness (QED) is 0.0444. The van der Waals surface area contributed by atoms with Gasteiger partial charge in [0.05, 0.1) is 0 Å². The standard InChI is InChI=1S/C38H72O6/c1-33(2)29-25-21-17-13-9-5-7-11-15-19-23-27-31-35(39)43-38(37(41)42)44-36(40)32-28-24-20-16-12-8-6-10-14-18-22-26-30-34(3)4/h33-34,38H,5-32H2,1-4H3,(H,41,42). The van der Waals surface area contributed by atoms with Gasteiger partial charge in [0.1, 0.15) is 0 Å². The number of unbranched alkanes of at least 4 members (excludes halogenated alkanes) is 22. The molecule has 0 amide bonds. The number of aliphatic carboxylic acids is 1. The molecule has 6 nitrogen and oxygen atoms in total. The van der Waals surface area contributed by atoms with E-state index in [9.17, 15) is 19.5 Å². The number of esters is 2. The van der Waals surface area contributed by atoms with Gasteiger partial charge in [-0.3, -0.25) is 9.59 Å². The van der Waals surface area contributed by atoms with Crippen molar-refractivity contribution >= 4 is 17.9 Å². The zero-order chi connectivity index (χ0) is 32.7. The fourth-order valence-electron chi connectivity index (χ4n) is 5.66. The summed E-state index contributed by atoms with van der Waals surface area (Å²) in [5.41, 5.74) is 0. The molecule has 0 heterocycles. The van der Waals surface area contributed by atoms with Crippen molar-refractivity contribution in [1.29, 1.82) is 0 Å². The zero-order valence-electron chi connectivity index (χ0n) is 29.5. The van der Waals surface area contributed by atoms with Gasteiger partial charge in [0.25, 0.3) is 0 Å². The third-order valence-corrected chi connectivity index (χ3v) is 8.50. The molecule has 0 unspecified atom stereocenters. The minimum absolute atomic E-state index is 0.149. The minimum Gasteiger partial charge on any atom is -0.476 e. The first-order valence-corrected chi connectivity index (χ1v) is 18.8. The van der Waals surface area contributed by atoms with Crippen molar-refractivity contribution in [1.82, 2.24) is 0 Å². The molecule has 0 aromatic rings. The van der Waals surface area contributed by atoms with Gasteiger partial charge in [-0.1, -0.05) is 182 Å². The summed E-state index contributed by atoms with van der Waals surface area (Å²) in [5.74, 6) is -1.04. The molecule has 44 heavy (non-hydrogen) atoms. The molecule has 0 aromatic carbocycles. The lowest BCUT2D eigenvalue weighted by Gasteiger charge is -2.14. The predicted octanol–water partition coefficient (Wildman–Crippen LogP) is 11.7. The van der Waals surface area contributed by atoms with Crippen LogP contribution in [0.15, 0.2) is 0 Å². The molecule has 0 fully saturated rings. The fourth-order valence-corrected chi connectivity index (χ4v) is 5.66. The Morgan fingerprint density at radius 2 is 0.636 bits per heavy atom. The van der Waals surface area contributed by atoms with E-state index in [-0.39, 0.29) is 12.8 Å². The summed E-state index contributed by atoms with van der Waals surface area (Å²) in [4.78, 5) is 35.7. The summed E-state index contributed by atoms with van der Waals surface area (Å²) in [6.45, 7) is 9.17. The maximum atomic E-state index is 12.1. The van der Waals surface area contributed by atoms with Gasteiger partial charge in [0, 0.05) is 12.8 Å². The summed E-state index contributed by atoms with van der Waals surface area (Å²) in [5, 5.41) is 9.32. The van der Waals surface area contributed by atoms with Crippen LogP contribution in [0.1, 0.15) is 207 Å². The van der Waals surface area contributed by atoms with Gasteiger partial charge in [-0.05, 0) is 24.7 Å². The van der Waals surface area contributed by atoms with Crippen molar-refractivity contribution in [2.45, 2.75) is 214 Å². The molecular weight excluding hydrogens is 552 g/mol. The largest absolute Gasteiger partial charge is 0.476 e. The molecule has 0 saturated heterocycles. The molecule has 0 rings (SSSR count). The lowest BCUT2D eigenvalue weighted by atomic mass is 10.0. The fraction of sp³-hybridized carbons (Fsp3) is 0.921. The normalized spacial score (nSPS) is 11.5. The molecule has 0 aliphatic rings. The van der Waals surface area contributed by atoms with E-state index in [4.69, 9.17) is 9.47 Å². The van der Waals surface area contributed by atoms with Gasteiger partial charge in [0.2, 0.25) is 0 Å². The molecule has 0 aromatic heterocycles. The Morgan fingerprint density at radius 3 is 0.864 bits per heavy atom. The second kappa shape index (κ2) is 31.4. The van der Waals surface area contributed by atoms with Gasteiger partial charge >= 0.3 is 24.2 Å². The topological polar surface area (TPSA) is 89.9 Å². The highest BCUT2D eigenvalue weighted by atomic mass is 16.7. The van der Waals surface area contributed by atoms with Crippen LogP contribution in [0.3, 0.4) is 0 Å². The molecule has 1 N–H and O–H groups in total. The van der Waals surface area contributed by atoms with Crippen LogP contribution >= 0.6 is 0 Å². The second-order valence-corrected chi connectivity index (χ2v) is 14.0. The van der Waals surface area contributed by atoms with E-state index in [1.54, 1.807) is 0 Å². The Morgan fingerprint density at radius 1 is 0.409 bits per heavy atom. The number of hydrogen-bond donors (Lipinski definition) is 1. The van der Waals surface area contributed by atoms with E-state index < -0.39 is 24.2 Å². The number of hydrogen-bond acceptors (Lipinski definition) is 5. The third kappa shape index (κ3) is 31.8. The van der Waals surface area contributed by atoms with E-state index in [0.29, 0.717) is 12.8 Å². The Labute approximate surface area is 272 Å². The first kappa shape index (κ1) is 42.4. The van der Waals surface area contributed by atoms with Gasteiger partial charge in [-0.25, -0.2) is 4.79 Å². The smallest absolute Gasteiger partial charge is 0.387 e. The highest BCUT2D eigenvalue weighted by Crippen LogP contribution is 2.16. The van der Waals surface area contributed by atoms with Crippen molar-refractivity contribution in [2.75, 3.05) is 0 Å². The van der Waals surface area contributed by atoms with E-state index in [1.165, 1.54) is 116 Å². The van der Waals surface area contributed by atoms with E-state index >= 15 is 0 Å². The Kier molecular flexibility index (Phi) is 30.3. The van der Waals surface area contributed by atoms with Crippen LogP contribution in [0, 0.1) is 11.8 Å². The molecule has 6 heteroatoms. The number of rotatable bonds is 33. The van der Waals surface area contributed by atoms with Gasteiger partial charge in [-0.2, -0.15) is 0 Å². The van der Waals surface area contributed by atoms with Crippen LogP contribution in [-0.2, 0) is 23.9 Å². The molecule has 0 radical (unpaired) electrons. The van der Waals surface area contributed by atoms with Crippen molar-refractivity contribution < 1.29 is 29.0 Å². The number of ether oxygens (including phenoxy) is 2. The Bertz CT molecular complexity index is 624. The predicted molar refractivity (Wildman–Crippen MR) is 183 cm³/mol. The highest BCUT2D eigenvalue weighted by molar-refractivity contribution is 5.80. The summed E-state index contributed by atoms with van der Waals surface area (Å²) in [6.07, 6.45) is 30.0. The molecule has 0 aliphatic carbocycles. The van der Waals surface area contributed by atoms with Crippen LogP contribution < -0.4 is 0 Å². The van der Waals surface area contributed by atoms with Crippen molar-refractivity contribution in [3.05, 3.63) is 0 Å². The molecule has 0 saturated carbocycles. The van der Waals surface area contributed by atoms with Crippen LogP contribution in [0.25, 0.3) is 0 Å². The Balaban J connectivity index is 3.65. The van der Waals surface area contributed by atoms with Gasteiger partial charge in [-0.15, -0.1) is 0 Å². The SMILES string of the molecule is CC(C)CCCCCCCCCCCCCCC(=O)OC(OC(=O)CCCCCCCCCCCCCCC(C)C)C(=O)O. The Hall–Kier alpha value is -1.59. The van der Waals surface area contributed by atoms with Crippen molar-refractivity contribution in [3.63, 3.8) is 0 Å².